The van der Waals surface area contributed by atoms with Crippen LogP contribution >= 0.6 is 0 Å². The molecule has 51 heavy (non-hydrogen) atoms. The molecule has 18 nitrogen and oxygen atoms in total. The first kappa shape index (κ1) is 39.0. The van der Waals surface area contributed by atoms with Crippen LogP contribution in [0.4, 0.5) is 5.82 Å². The molecule has 0 radical (unpaired) electrons. The molecule has 4 rings (SSSR count). The topological polar surface area (TPSA) is 245 Å². The van der Waals surface area contributed by atoms with Crippen LogP contribution in [0.3, 0.4) is 0 Å². The molecule has 0 bridgehead atoms. The van der Waals surface area contributed by atoms with E-state index in [0.717, 1.165) is 0 Å². The van der Waals surface area contributed by atoms with Crippen molar-refractivity contribution in [3.63, 3.8) is 0 Å². The molecular formula is C33H48N10O8. The van der Waals surface area contributed by atoms with Crippen LogP contribution in [0, 0.1) is 11.8 Å². The first-order valence-corrected chi connectivity index (χ1v) is 17.1. The van der Waals surface area contributed by atoms with Crippen LogP contribution in [0.15, 0.2) is 10.8 Å². The maximum absolute atomic E-state index is 12.1. The molecular weight excluding hydrogens is 664 g/mol. The Morgan fingerprint density at radius 1 is 1.10 bits per heavy atom. The Kier molecular flexibility index (Phi) is 14.5. The molecule has 1 atom stereocenters. The summed E-state index contributed by atoms with van der Waals surface area (Å²) in [6.45, 7) is 8.80. The number of nitrogens with one attached hydrogen (secondary N) is 3. The van der Waals surface area contributed by atoms with Gasteiger partial charge in [-0.1, -0.05) is 5.92 Å². The number of carbonyl (C=O) groups excluding carboxylic acids is 3. The van der Waals surface area contributed by atoms with E-state index in [1.807, 2.05) is 11.5 Å². The van der Waals surface area contributed by atoms with Crippen LogP contribution in [-0.4, -0.2) is 128 Å². The summed E-state index contributed by atoms with van der Waals surface area (Å²) < 4.78 is 18.2. The van der Waals surface area contributed by atoms with Crippen molar-refractivity contribution in [2.75, 3.05) is 64.8 Å². The monoisotopic (exact) mass is 712 g/mol. The molecule has 0 aromatic carbocycles. The van der Waals surface area contributed by atoms with E-state index in [4.69, 9.17) is 24.8 Å². The number of aliphatic hydroxyl groups excluding tert-OH is 1. The van der Waals surface area contributed by atoms with Gasteiger partial charge in [-0.15, -0.1) is 0 Å². The summed E-state index contributed by atoms with van der Waals surface area (Å²) in [5.74, 6) is 6.12. The number of carbonyl (C=O) groups is 3. The molecule has 0 aliphatic carbocycles. The third-order valence-corrected chi connectivity index (χ3v) is 7.77. The zero-order valence-electron chi connectivity index (χ0n) is 29.4. The lowest BCUT2D eigenvalue weighted by Gasteiger charge is -2.15. The van der Waals surface area contributed by atoms with Gasteiger partial charge < -0.3 is 50.8 Å². The van der Waals surface area contributed by atoms with Crippen molar-refractivity contribution in [2.24, 2.45) is 0 Å². The number of imidazole rings is 1. The van der Waals surface area contributed by atoms with Gasteiger partial charge in [-0.2, -0.15) is 0 Å². The largest absolute Gasteiger partial charge is 0.490 e. The Bertz CT molecular complexity index is 1690. The van der Waals surface area contributed by atoms with Gasteiger partial charge in [0.1, 0.15) is 22.3 Å². The average molecular weight is 713 g/mol. The minimum atomic E-state index is -1.22. The van der Waals surface area contributed by atoms with Crippen LogP contribution in [0.25, 0.3) is 22.6 Å². The molecule has 1 aliphatic heterocycles. The molecule has 278 valence electrons. The zero-order chi connectivity index (χ0) is 36.8. The molecule has 18 heteroatoms. The molecule has 0 spiro atoms. The third kappa shape index (κ3) is 11.9. The molecule has 3 amide bonds. The second-order valence-electron chi connectivity index (χ2n) is 12.5. The lowest BCUT2D eigenvalue weighted by atomic mass is 10.1. The summed E-state index contributed by atoms with van der Waals surface area (Å²) in [7, 11) is 0. The number of nitrogens with zero attached hydrogens (tertiary/aromatic N) is 6. The minimum absolute atomic E-state index is 0.0886. The highest BCUT2D eigenvalue weighted by molar-refractivity contribution is 5.89. The Labute approximate surface area is 295 Å². The number of aliphatic hydroxyl groups is 2. The highest BCUT2D eigenvalue weighted by atomic mass is 16.6. The number of aryl methyl sites for hydroxylation is 1. The van der Waals surface area contributed by atoms with Crippen molar-refractivity contribution in [3.8, 4) is 29.1 Å². The molecule has 3 aromatic rings. The standard InChI is InChI=1S/C33H48N10O8/c1-4-43-30-24(19-37-23(8-11-33(2,3)48)28(30)39-32(43)29-31(34)41-51-40-29)50-16-6-13-35-12-5-7-25(45)36-14-18-49-17-10-26(46)38-20-27(47)42-15-9-22(44)21-42/h19,22,35,44,48H,4-7,9-10,12-18,20-21H2,1-3H3,(H2,34,41)(H,36,45)(H,38,46)/t22-/m1/s1. The second-order valence-corrected chi connectivity index (χ2v) is 12.5. The van der Waals surface area contributed by atoms with Crippen molar-refractivity contribution in [1.29, 1.82) is 0 Å². The number of ether oxygens (including phenoxy) is 2. The highest BCUT2D eigenvalue weighted by Gasteiger charge is 2.25. The predicted molar refractivity (Wildman–Crippen MR) is 185 cm³/mol. The average Bonchev–Trinajstić information content (AvgIpc) is 3.83. The van der Waals surface area contributed by atoms with E-state index in [-0.39, 0.29) is 55.4 Å². The number of pyridine rings is 1. The minimum Gasteiger partial charge on any atom is -0.490 e. The Morgan fingerprint density at radius 2 is 1.88 bits per heavy atom. The molecule has 0 unspecified atom stereocenters. The van der Waals surface area contributed by atoms with Gasteiger partial charge in [0.25, 0.3) is 0 Å². The van der Waals surface area contributed by atoms with Crippen LogP contribution in [0.2, 0.25) is 0 Å². The first-order chi connectivity index (χ1) is 24.5. The SMILES string of the molecule is CCn1c(-c2nonc2N)nc2c(C#CC(C)(C)O)ncc(OCCCNCCCC(=O)NCCOCCC(=O)NCC(=O)N3CC[C@@H](O)C3)c21. The van der Waals surface area contributed by atoms with Gasteiger partial charge >= 0.3 is 0 Å². The number of likely N-dealkylation sites (tertiary alicyclic amines) is 1. The van der Waals surface area contributed by atoms with Gasteiger partial charge in [0, 0.05) is 39.0 Å². The molecule has 4 heterocycles. The summed E-state index contributed by atoms with van der Waals surface area (Å²) in [6.07, 6.45) is 3.45. The molecule has 1 fully saturated rings. The molecule has 3 aromatic heterocycles. The smallest absolute Gasteiger partial charge is 0.242 e. The fourth-order valence-electron chi connectivity index (χ4n) is 5.20. The van der Waals surface area contributed by atoms with E-state index in [9.17, 15) is 24.6 Å². The maximum atomic E-state index is 12.1. The molecule has 1 aliphatic rings. The number of amides is 3. The third-order valence-electron chi connectivity index (χ3n) is 7.77. The number of rotatable bonds is 19. The number of fused-ring (bicyclic) bond motifs is 1. The molecule has 0 saturated carbocycles. The van der Waals surface area contributed by atoms with Crippen molar-refractivity contribution < 1.29 is 38.7 Å². The number of anilines is 1. The summed E-state index contributed by atoms with van der Waals surface area (Å²) in [5.41, 5.74) is 6.53. The van der Waals surface area contributed by atoms with E-state index >= 15 is 0 Å². The second kappa shape index (κ2) is 19.0. The zero-order valence-corrected chi connectivity index (χ0v) is 29.4. The quantitative estimate of drug-likeness (QED) is 0.0683. The van der Waals surface area contributed by atoms with Crippen molar-refractivity contribution in [1.82, 2.24) is 45.7 Å². The van der Waals surface area contributed by atoms with E-state index in [1.54, 1.807) is 20.0 Å². The van der Waals surface area contributed by atoms with Crippen molar-refractivity contribution in [2.45, 2.75) is 71.1 Å². The number of aromatic nitrogens is 5. The Hall–Kier alpha value is -4.83. The summed E-state index contributed by atoms with van der Waals surface area (Å²) in [6, 6.07) is 0. The van der Waals surface area contributed by atoms with Crippen LogP contribution in [-0.2, 0) is 25.7 Å². The lowest BCUT2D eigenvalue weighted by molar-refractivity contribution is -0.132. The van der Waals surface area contributed by atoms with E-state index in [1.165, 1.54) is 4.90 Å². The summed E-state index contributed by atoms with van der Waals surface area (Å²) in [4.78, 5) is 46.8. The van der Waals surface area contributed by atoms with Gasteiger partial charge in [-0.05, 0) is 69.4 Å². The maximum Gasteiger partial charge on any atom is 0.242 e. The molecule has 7 N–H and O–H groups in total. The number of β-amino-alcohol motifs (C(OH)–C–C–N with tert-alkyl or cyclic N) is 1. The number of hydrogen-bond acceptors (Lipinski definition) is 14. The van der Waals surface area contributed by atoms with E-state index in [2.05, 4.69) is 43.1 Å². The van der Waals surface area contributed by atoms with Crippen LogP contribution in [0.5, 0.6) is 5.75 Å². The predicted octanol–water partition coefficient (Wildman–Crippen LogP) is -0.423. The van der Waals surface area contributed by atoms with Crippen LogP contribution < -0.4 is 26.4 Å². The summed E-state index contributed by atoms with van der Waals surface area (Å²) >= 11 is 0. The van der Waals surface area contributed by atoms with Gasteiger partial charge in [0.05, 0.1) is 38.7 Å². The Balaban J connectivity index is 1.10. The lowest BCUT2D eigenvalue weighted by Crippen LogP contribution is -2.39. The fraction of sp³-hybridized carbons (Fsp3) is 0.606. The van der Waals surface area contributed by atoms with E-state index in [0.29, 0.717) is 99.9 Å². The van der Waals surface area contributed by atoms with Gasteiger partial charge in [-0.3, -0.25) is 14.4 Å². The van der Waals surface area contributed by atoms with Crippen LogP contribution in [0.1, 0.15) is 58.6 Å². The highest BCUT2D eigenvalue weighted by Crippen LogP contribution is 2.33. The normalized spacial score (nSPS) is 14.4. The van der Waals surface area contributed by atoms with Gasteiger partial charge in [0.2, 0.25) is 17.7 Å². The summed E-state index contributed by atoms with van der Waals surface area (Å²) in [5, 5.41) is 35.9. The van der Waals surface area contributed by atoms with Crippen molar-refractivity contribution in [3.05, 3.63) is 11.9 Å². The van der Waals surface area contributed by atoms with Crippen molar-refractivity contribution >= 4 is 34.6 Å². The number of hydrogen-bond donors (Lipinski definition) is 6. The number of nitrogen functional groups attached to an aromatic ring is 1. The molecule has 1 saturated heterocycles. The first-order valence-electron chi connectivity index (χ1n) is 17.1. The number of nitrogens with two attached hydrogens (primary N) is 1. The Morgan fingerprint density at radius 3 is 2.59 bits per heavy atom. The fourth-order valence-corrected chi connectivity index (χ4v) is 5.20. The van der Waals surface area contributed by atoms with Gasteiger partial charge in [0.15, 0.2) is 23.1 Å². The van der Waals surface area contributed by atoms with Gasteiger partial charge in [-0.25, -0.2) is 14.6 Å². The van der Waals surface area contributed by atoms with E-state index < -0.39 is 11.7 Å².